The largest absolute Gasteiger partial charge is 0.445 e. The summed E-state index contributed by atoms with van der Waals surface area (Å²) in [6.07, 6.45) is 7.87. The number of likely N-dealkylation sites (tertiary alicyclic amines) is 1. The van der Waals surface area contributed by atoms with Crippen LogP contribution in [0.2, 0.25) is 10.0 Å². The zero-order valence-electron chi connectivity index (χ0n) is 23.9. The van der Waals surface area contributed by atoms with Crippen LogP contribution in [0.1, 0.15) is 55.8 Å². The second kappa shape index (κ2) is 12.2. The van der Waals surface area contributed by atoms with Crippen molar-refractivity contribution in [1.29, 1.82) is 0 Å². The van der Waals surface area contributed by atoms with Gasteiger partial charge in [-0.05, 0) is 68.2 Å². The zero-order valence-corrected chi connectivity index (χ0v) is 25.4. The molecule has 8 nitrogen and oxygen atoms in total. The Bertz CT molecular complexity index is 1610. The fraction of sp³-hybridized carbons (Fsp3) is 0.394. The quantitative estimate of drug-likeness (QED) is 0.206. The summed E-state index contributed by atoms with van der Waals surface area (Å²) in [5, 5.41) is 4.44. The van der Waals surface area contributed by atoms with Crippen LogP contribution in [0.15, 0.2) is 60.8 Å². The third-order valence-corrected chi connectivity index (χ3v) is 9.20. The summed E-state index contributed by atoms with van der Waals surface area (Å²) in [7, 11) is 0. The molecule has 222 valence electrons. The molecule has 43 heavy (non-hydrogen) atoms. The van der Waals surface area contributed by atoms with E-state index in [2.05, 4.69) is 14.9 Å². The Kier molecular flexibility index (Phi) is 7.97. The number of anilines is 1. The highest BCUT2D eigenvalue weighted by Gasteiger charge is 2.33. The molecule has 3 heterocycles. The summed E-state index contributed by atoms with van der Waals surface area (Å²) in [6, 6.07) is 17.9. The molecule has 0 unspecified atom stereocenters. The van der Waals surface area contributed by atoms with E-state index >= 15 is 0 Å². The zero-order chi connectivity index (χ0) is 29.3. The summed E-state index contributed by atoms with van der Waals surface area (Å²) in [6.45, 7) is 2.40. The molecule has 1 saturated heterocycles. The minimum absolute atomic E-state index is 0.193. The predicted molar refractivity (Wildman–Crippen MR) is 168 cm³/mol. The smallest absolute Gasteiger partial charge is 0.410 e. The summed E-state index contributed by atoms with van der Waals surface area (Å²) in [5.74, 6) is 2.49. The molecule has 2 aliphatic carbocycles. The number of halogens is 2. The van der Waals surface area contributed by atoms with Crippen LogP contribution in [0.3, 0.4) is 0 Å². The first-order valence-electron chi connectivity index (χ1n) is 15.1. The molecule has 3 fully saturated rings. The molecule has 4 aromatic rings. The van der Waals surface area contributed by atoms with Gasteiger partial charge in [-0.1, -0.05) is 59.6 Å². The number of nitrogens with zero attached hydrogens (tertiary/aromatic N) is 5. The molecule has 10 heteroatoms. The molecule has 7 rings (SSSR count). The van der Waals surface area contributed by atoms with Gasteiger partial charge >= 0.3 is 6.09 Å². The maximum Gasteiger partial charge on any atom is 0.410 e. The van der Waals surface area contributed by atoms with Gasteiger partial charge in [0.05, 0.1) is 27.1 Å². The first-order valence-corrected chi connectivity index (χ1v) is 15.9. The maximum atomic E-state index is 12.9. The Morgan fingerprint density at radius 2 is 1.72 bits per heavy atom. The third kappa shape index (κ3) is 6.50. The molecule has 1 N–H and O–H groups in total. The van der Waals surface area contributed by atoms with Gasteiger partial charge in [0.25, 0.3) is 0 Å². The van der Waals surface area contributed by atoms with Gasteiger partial charge in [-0.3, -0.25) is 0 Å². The number of ether oxygens (including phenoxy) is 1. The second-order valence-corrected chi connectivity index (χ2v) is 12.7. The topological polar surface area (TPSA) is 85.2 Å². The number of benzene rings is 2. The van der Waals surface area contributed by atoms with Crippen molar-refractivity contribution >= 4 is 35.2 Å². The van der Waals surface area contributed by atoms with Crippen molar-refractivity contribution in [2.24, 2.45) is 5.92 Å². The summed E-state index contributed by atoms with van der Waals surface area (Å²) in [5.41, 5.74) is 4.54. The maximum absolute atomic E-state index is 12.9. The molecule has 3 aliphatic rings. The van der Waals surface area contributed by atoms with Gasteiger partial charge in [0.1, 0.15) is 12.4 Å². The van der Waals surface area contributed by atoms with Gasteiger partial charge in [-0.15, -0.1) is 0 Å². The molecule has 2 aromatic carbocycles. The molecule has 0 bridgehead atoms. The number of hydrogen-bond acceptors (Lipinski definition) is 6. The predicted octanol–water partition coefficient (Wildman–Crippen LogP) is 7.81. The van der Waals surface area contributed by atoms with Crippen LogP contribution in [0.25, 0.3) is 22.6 Å². The molecule has 0 radical (unpaired) electrons. The van der Waals surface area contributed by atoms with Crippen molar-refractivity contribution < 1.29 is 9.53 Å². The van der Waals surface area contributed by atoms with Crippen molar-refractivity contribution in [2.45, 2.75) is 63.6 Å². The SMILES string of the molecule is O=C(OCc1ccccc1)N1CCC(c2nc(-c3ccc(Cl)c(Cl)c3)c(-c3ccnc(NC4CC4)n3)n2CC2CC2)CC1. The number of amides is 1. The van der Waals surface area contributed by atoms with E-state index in [0.717, 1.165) is 66.3 Å². The lowest BCUT2D eigenvalue weighted by atomic mass is 9.96. The van der Waals surface area contributed by atoms with Gasteiger partial charge in [0, 0.05) is 43.4 Å². The third-order valence-electron chi connectivity index (χ3n) is 8.46. The van der Waals surface area contributed by atoms with E-state index in [-0.39, 0.29) is 18.6 Å². The Morgan fingerprint density at radius 3 is 2.44 bits per heavy atom. The van der Waals surface area contributed by atoms with Crippen molar-refractivity contribution in [3.05, 3.63) is 82.2 Å². The fourth-order valence-electron chi connectivity index (χ4n) is 5.73. The van der Waals surface area contributed by atoms with E-state index in [4.69, 9.17) is 37.9 Å². The standard InChI is InChI=1S/C33H34Cl2N6O2/c34-26-11-8-24(18-27(26)35)29-30(28-12-15-36-32(38-28)37-25-9-10-25)41(19-21-6-7-21)31(39-29)23-13-16-40(17-14-23)33(42)43-20-22-4-2-1-3-5-22/h1-5,8,11-12,15,18,21,23,25H,6-7,9-10,13-14,16-17,19-20H2,(H,36,37,38). The van der Waals surface area contributed by atoms with E-state index in [1.54, 1.807) is 0 Å². The molecule has 2 aromatic heterocycles. The Hall–Kier alpha value is -3.62. The van der Waals surface area contributed by atoms with Crippen molar-refractivity contribution in [1.82, 2.24) is 24.4 Å². The van der Waals surface area contributed by atoms with E-state index < -0.39 is 0 Å². The van der Waals surface area contributed by atoms with Crippen LogP contribution in [0.5, 0.6) is 0 Å². The van der Waals surface area contributed by atoms with E-state index in [1.165, 1.54) is 12.8 Å². The first kappa shape index (κ1) is 28.2. The average molecular weight is 618 g/mol. The van der Waals surface area contributed by atoms with Crippen molar-refractivity contribution in [2.75, 3.05) is 18.4 Å². The van der Waals surface area contributed by atoms with Crippen molar-refractivity contribution in [3.63, 3.8) is 0 Å². The van der Waals surface area contributed by atoms with Gasteiger partial charge < -0.3 is 19.5 Å². The number of rotatable bonds is 9. The van der Waals surface area contributed by atoms with Crippen LogP contribution >= 0.6 is 23.2 Å². The highest BCUT2D eigenvalue weighted by molar-refractivity contribution is 6.42. The minimum Gasteiger partial charge on any atom is -0.445 e. The van der Waals surface area contributed by atoms with Crippen LogP contribution in [-0.2, 0) is 17.9 Å². The molecular weight excluding hydrogens is 583 g/mol. The molecule has 1 amide bonds. The highest BCUT2D eigenvalue weighted by atomic mass is 35.5. The summed E-state index contributed by atoms with van der Waals surface area (Å²) in [4.78, 5) is 29.5. The average Bonchev–Trinajstić information content (AvgIpc) is 3.97. The number of aromatic nitrogens is 4. The Balaban J connectivity index is 1.19. The first-order chi connectivity index (χ1) is 21.0. The number of carbonyl (C=O) groups excluding carboxylic acids is 1. The lowest BCUT2D eigenvalue weighted by molar-refractivity contribution is 0.0864. The molecule has 0 spiro atoms. The molecule has 0 atom stereocenters. The summed E-state index contributed by atoms with van der Waals surface area (Å²) >= 11 is 12.8. The van der Waals surface area contributed by atoms with Crippen LogP contribution in [0, 0.1) is 5.92 Å². The molecule has 2 saturated carbocycles. The minimum atomic E-state index is -0.266. The number of nitrogens with one attached hydrogen (secondary N) is 1. The van der Waals surface area contributed by atoms with Crippen LogP contribution < -0.4 is 5.32 Å². The lowest BCUT2D eigenvalue weighted by Gasteiger charge is -2.31. The van der Waals surface area contributed by atoms with E-state index in [1.807, 2.05) is 65.7 Å². The second-order valence-electron chi connectivity index (χ2n) is 11.8. The fourth-order valence-corrected chi connectivity index (χ4v) is 6.03. The molecular formula is C33H34Cl2N6O2. The number of hydrogen-bond donors (Lipinski definition) is 1. The Labute approximate surface area is 261 Å². The van der Waals surface area contributed by atoms with Crippen LogP contribution in [0.4, 0.5) is 10.7 Å². The normalized spacial score (nSPS) is 17.2. The van der Waals surface area contributed by atoms with Gasteiger partial charge in [-0.25, -0.2) is 19.7 Å². The van der Waals surface area contributed by atoms with Gasteiger partial charge in [0.2, 0.25) is 5.95 Å². The van der Waals surface area contributed by atoms with Gasteiger partial charge in [0.15, 0.2) is 0 Å². The number of imidazole rings is 1. The number of piperidine rings is 1. The Morgan fingerprint density at radius 1 is 0.930 bits per heavy atom. The van der Waals surface area contributed by atoms with E-state index in [9.17, 15) is 4.79 Å². The highest BCUT2D eigenvalue weighted by Crippen LogP contribution is 2.42. The van der Waals surface area contributed by atoms with E-state index in [0.29, 0.717) is 41.0 Å². The van der Waals surface area contributed by atoms with Crippen molar-refractivity contribution in [3.8, 4) is 22.6 Å². The van der Waals surface area contributed by atoms with Gasteiger partial charge in [-0.2, -0.15) is 0 Å². The molecule has 1 aliphatic heterocycles. The monoisotopic (exact) mass is 616 g/mol. The van der Waals surface area contributed by atoms with Crippen LogP contribution in [-0.4, -0.2) is 49.6 Å². The summed E-state index contributed by atoms with van der Waals surface area (Å²) < 4.78 is 8.00. The number of carbonyl (C=O) groups is 1. The lowest BCUT2D eigenvalue weighted by Crippen LogP contribution is -2.38.